The Morgan fingerprint density at radius 3 is 2.60 bits per heavy atom. The Balaban J connectivity index is 1.67. The fourth-order valence-corrected chi connectivity index (χ4v) is 4.64. The summed E-state index contributed by atoms with van der Waals surface area (Å²) in [4.78, 5) is 31.2. The van der Waals surface area contributed by atoms with Gasteiger partial charge in [0.1, 0.15) is 6.17 Å². The molecule has 0 saturated carbocycles. The Morgan fingerprint density at radius 1 is 1.14 bits per heavy atom. The van der Waals surface area contributed by atoms with Crippen LogP contribution in [0.3, 0.4) is 0 Å². The van der Waals surface area contributed by atoms with Gasteiger partial charge >= 0.3 is 6.18 Å². The van der Waals surface area contributed by atoms with Crippen LogP contribution in [0, 0.1) is 0 Å². The summed E-state index contributed by atoms with van der Waals surface area (Å²) in [6.07, 6.45) is -3.37. The number of benzene rings is 2. The lowest BCUT2D eigenvalue weighted by Crippen LogP contribution is -2.51. The molecule has 6 nitrogen and oxygen atoms in total. The summed E-state index contributed by atoms with van der Waals surface area (Å²) in [5, 5.41) is 6.35. The minimum Gasteiger partial charge on any atom is -0.376 e. The van der Waals surface area contributed by atoms with E-state index >= 15 is 0 Å². The van der Waals surface area contributed by atoms with Crippen molar-refractivity contribution in [2.24, 2.45) is 0 Å². The fraction of sp³-hybridized carbons (Fsp3) is 0.292. The van der Waals surface area contributed by atoms with E-state index in [0.717, 1.165) is 11.5 Å². The summed E-state index contributed by atoms with van der Waals surface area (Å²) >= 11 is 3.01. The van der Waals surface area contributed by atoms with Crippen LogP contribution in [0.15, 0.2) is 53.3 Å². The van der Waals surface area contributed by atoms with Gasteiger partial charge in [0.15, 0.2) is 0 Å². The van der Waals surface area contributed by atoms with Gasteiger partial charge in [0, 0.05) is 42.4 Å². The summed E-state index contributed by atoms with van der Waals surface area (Å²) in [6, 6.07) is 8.07. The van der Waals surface area contributed by atoms with Gasteiger partial charge in [0.2, 0.25) is 0 Å². The predicted molar refractivity (Wildman–Crippen MR) is 127 cm³/mol. The average molecular weight is 553 g/mol. The lowest BCUT2D eigenvalue weighted by atomic mass is 9.98. The molecule has 2 amide bonds. The number of halogens is 5. The van der Waals surface area contributed by atoms with Crippen LogP contribution < -0.4 is 10.6 Å². The van der Waals surface area contributed by atoms with Crippen molar-refractivity contribution in [3.8, 4) is 0 Å². The summed E-state index contributed by atoms with van der Waals surface area (Å²) < 4.78 is 56.5. The molecular weight excluding hydrogens is 532 g/mol. The first-order valence-electron chi connectivity index (χ1n) is 10.8. The number of alkyl halides is 4. The van der Waals surface area contributed by atoms with Gasteiger partial charge < -0.3 is 15.5 Å². The first-order chi connectivity index (χ1) is 16.6. The SMILES string of the molecule is CNC(=O)c1cc(Br)cc(C(F)(F)F)c1N[C@H]1CN(C(=O)c2cncc3ccccc23)CC[C@H]1F. The molecule has 2 N–H and O–H groups in total. The Kier molecular flexibility index (Phi) is 6.98. The van der Waals surface area contributed by atoms with Gasteiger partial charge in [0.25, 0.3) is 11.8 Å². The Labute approximate surface area is 206 Å². The molecule has 11 heteroatoms. The van der Waals surface area contributed by atoms with Gasteiger partial charge in [-0.3, -0.25) is 14.6 Å². The van der Waals surface area contributed by atoms with Gasteiger partial charge in [0.05, 0.1) is 28.4 Å². The third kappa shape index (κ3) is 5.09. The molecule has 0 radical (unpaired) electrons. The summed E-state index contributed by atoms with van der Waals surface area (Å²) in [5.41, 5.74) is -1.61. The smallest absolute Gasteiger partial charge is 0.376 e. The van der Waals surface area contributed by atoms with Crippen LogP contribution in [0.5, 0.6) is 0 Å². The van der Waals surface area contributed by atoms with Crippen molar-refractivity contribution < 1.29 is 27.2 Å². The molecule has 1 saturated heterocycles. The molecule has 1 aliphatic heterocycles. The summed E-state index contributed by atoms with van der Waals surface area (Å²) in [6.45, 7) is -0.0973. The largest absolute Gasteiger partial charge is 0.418 e. The van der Waals surface area contributed by atoms with Crippen molar-refractivity contribution in [2.75, 3.05) is 25.5 Å². The molecule has 184 valence electrons. The second-order valence-electron chi connectivity index (χ2n) is 8.17. The van der Waals surface area contributed by atoms with Crippen LogP contribution in [0.25, 0.3) is 10.8 Å². The van der Waals surface area contributed by atoms with Crippen LogP contribution in [0.4, 0.5) is 23.2 Å². The molecule has 1 fully saturated rings. The Bertz CT molecular complexity index is 1280. The topological polar surface area (TPSA) is 74.3 Å². The zero-order valence-electron chi connectivity index (χ0n) is 18.5. The highest BCUT2D eigenvalue weighted by Gasteiger charge is 2.39. The standard InChI is InChI=1S/C24H21BrF4N4O2/c1-30-22(34)16-8-14(25)9-18(24(27,28)29)21(16)32-20-12-33(7-6-19(20)26)23(35)17-11-31-10-13-4-2-3-5-15(13)17/h2-5,8-11,19-20,32H,6-7,12H2,1H3,(H,30,34)/t19-,20+/m1/s1. The zero-order valence-corrected chi connectivity index (χ0v) is 20.1. The molecule has 0 spiro atoms. The highest BCUT2D eigenvalue weighted by Crippen LogP contribution is 2.40. The average Bonchev–Trinajstić information content (AvgIpc) is 2.84. The van der Waals surface area contributed by atoms with Crippen molar-refractivity contribution in [1.29, 1.82) is 0 Å². The van der Waals surface area contributed by atoms with Gasteiger partial charge in [-0.2, -0.15) is 13.2 Å². The molecule has 35 heavy (non-hydrogen) atoms. The first-order valence-corrected chi connectivity index (χ1v) is 11.5. The molecule has 3 aromatic rings. The van der Waals surface area contributed by atoms with Crippen LogP contribution in [-0.4, -0.2) is 54.0 Å². The van der Waals surface area contributed by atoms with E-state index in [1.807, 2.05) is 12.1 Å². The first kappa shape index (κ1) is 24.9. The Hall–Kier alpha value is -3.21. The number of carbonyl (C=O) groups excluding carboxylic acids is 2. The van der Waals surface area contributed by atoms with Crippen molar-refractivity contribution in [2.45, 2.75) is 24.8 Å². The van der Waals surface area contributed by atoms with E-state index in [1.54, 1.807) is 18.3 Å². The number of aromatic nitrogens is 1. The van der Waals surface area contributed by atoms with Gasteiger partial charge in [-0.1, -0.05) is 40.2 Å². The number of piperidine rings is 1. The molecule has 1 aromatic heterocycles. The molecule has 0 bridgehead atoms. The van der Waals surface area contributed by atoms with Gasteiger partial charge in [-0.25, -0.2) is 4.39 Å². The number of nitrogens with zero attached hydrogens (tertiary/aromatic N) is 2. The number of pyridine rings is 1. The van der Waals surface area contributed by atoms with Crippen molar-refractivity contribution in [3.05, 3.63) is 70.0 Å². The number of fused-ring (bicyclic) bond motifs is 1. The molecule has 0 aliphatic carbocycles. The normalized spacial score (nSPS) is 18.4. The van der Waals surface area contributed by atoms with Crippen LogP contribution >= 0.6 is 15.9 Å². The second kappa shape index (κ2) is 9.80. The maximum absolute atomic E-state index is 14.9. The molecular formula is C24H21BrF4N4O2. The molecule has 4 rings (SSSR count). The molecule has 0 unspecified atom stereocenters. The summed E-state index contributed by atoms with van der Waals surface area (Å²) in [5.74, 6) is -1.16. The van der Waals surface area contributed by atoms with E-state index in [4.69, 9.17) is 0 Å². The van der Waals surface area contributed by atoms with E-state index in [2.05, 4.69) is 31.5 Å². The quantitative estimate of drug-likeness (QED) is 0.445. The van der Waals surface area contributed by atoms with E-state index in [9.17, 15) is 27.2 Å². The molecule has 1 aliphatic rings. The van der Waals surface area contributed by atoms with E-state index in [-0.39, 0.29) is 29.5 Å². The number of amides is 2. The van der Waals surface area contributed by atoms with E-state index < -0.39 is 41.5 Å². The lowest BCUT2D eigenvalue weighted by molar-refractivity contribution is -0.137. The third-order valence-corrected chi connectivity index (χ3v) is 6.38. The number of hydrogen-bond donors (Lipinski definition) is 2. The second-order valence-corrected chi connectivity index (χ2v) is 9.08. The number of carbonyl (C=O) groups is 2. The van der Waals surface area contributed by atoms with E-state index in [0.29, 0.717) is 10.9 Å². The monoisotopic (exact) mass is 552 g/mol. The highest BCUT2D eigenvalue weighted by molar-refractivity contribution is 9.10. The van der Waals surface area contributed by atoms with Crippen LogP contribution in [-0.2, 0) is 6.18 Å². The lowest BCUT2D eigenvalue weighted by Gasteiger charge is -2.37. The number of nitrogens with one attached hydrogen (secondary N) is 2. The van der Waals surface area contributed by atoms with Crippen molar-refractivity contribution in [3.63, 3.8) is 0 Å². The number of rotatable bonds is 4. The third-order valence-electron chi connectivity index (χ3n) is 5.92. The van der Waals surface area contributed by atoms with Gasteiger partial charge in [-0.05, 0) is 23.9 Å². The predicted octanol–water partition coefficient (Wildman–Crippen LogP) is 5.04. The number of anilines is 1. The minimum atomic E-state index is -4.81. The fourth-order valence-electron chi connectivity index (χ4n) is 4.19. The maximum atomic E-state index is 14.9. The number of likely N-dealkylation sites (tertiary alicyclic amines) is 1. The summed E-state index contributed by atoms with van der Waals surface area (Å²) in [7, 11) is 1.29. The molecule has 2 heterocycles. The Morgan fingerprint density at radius 2 is 1.89 bits per heavy atom. The van der Waals surface area contributed by atoms with Crippen molar-refractivity contribution in [1.82, 2.24) is 15.2 Å². The van der Waals surface area contributed by atoms with Crippen LogP contribution in [0.1, 0.15) is 32.7 Å². The number of hydrogen-bond acceptors (Lipinski definition) is 4. The minimum absolute atomic E-state index is 0.0506. The van der Waals surface area contributed by atoms with Gasteiger partial charge in [-0.15, -0.1) is 0 Å². The van der Waals surface area contributed by atoms with Crippen molar-refractivity contribution >= 4 is 44.2 Å². The molecule has 2 aromatic carbocycles. The highest BCUT2D eigenvalue weighted by atomic mass is 79.9. The van der Waals surface area contributed by atoms with Crippen LogP contribution in [0.2, 0.25) is 0 Å². The maximum Gasteiger partial charge on any atom is 0.418 e. The van der Waals surface area contributed by atoms with E-state index in [1.165, 1.54) is 24.2 Å². The zero-order chi connectivity index (χ0) is 25.3. The molecule has 2 atom stereocenters.